The summed E-state index contributed by atoms with van der Waals surface area (Å²) in [4.78, 5) is 27.9. The Balaban J connectivity index is 1.30. The summed E-state index contributed by atoms with van der Waals surface area (Å²) in [6.45, 7) is 1.40. The second kappa shape index (κ2) is 8.44. The molecule has 3 unspecified atom stereocenters. The number of hydrogen-bond donors (Lipinski definition) is 2. The average Bonchev–Trinajstić information content (AvgIpc) is 2.73. The summed E-state index contributed by atoms with van der Waals surface area (Å²) in [7, 11) is 0. The lowest BCUT2D eigenvalue weighted by Gasteiger charge is -2.59. The van der Waals surface area contributed by atoms with Crippen LogP contribution in [0.1, 0.15) is 37.7 Å². The second-order valence-electron chi connectivity index (χ2n) is 9.91. The van der Waals surface area contributed by atoms with E-state index in [1.54, 1.807) is 0 Å². The lowest BCUT2D eigenvalue weighted by atomic mass is 9.47. The quantitative estimate of drug-likeness (QED) is 0.671. The van der Waals surface area contributed by atoms with Gasteiger partial charge in [0.2, 0.25) is 11.8 Å². The van der Waals surface area contributed by atoms with Crippen molar-refractivity contribution in [3.63, 3.8) is 0 Å². The highest BCUT2D eigenvalue weighted by Crippen LogP contribution is 2.59. The first kappa shape index (κ1) is 21.9. The van der Waals surface area contributed by atoms with E-state index in [1.807, 2.05) is 30.0 Å². The Bertz CT molecular complexity index is 861. The van der Waals surface area contributed by atoms with E-state index in [0.29, 0.717) is 34.3 Å². The molecular formula is C23H29Cl2N3O2S. The van der Waals surface area contributed by atoms with Crippen molar-refractivity contribution in [2.45, 2.75) is 50.7 Å². The second-order valence-corrected chi connectivity index (χ2v) is 11.9. The summed E-state index contributed by atoms with van der Waals surface area (Å²) in [5.41, 5.74) is 6.37. The molecule has 8 heteroatoms. The number of hydrogen-bond acceptors (Lipinski definition) is 4. The van der Waals surface area contributed by atoms with Crippen molar-refractivity contribution in [2.24, 2.45) is 28.9 Å². The van der Waals surface area contributed by atoms with E-state index in [9.17, 15) is 9.59 Å². The van der Waals surface area contributed by atoms with Gasteiger partial charge in [-0.3, -0.25) is 14.5 Å². The molecular weight excluding hydrogens is 453 g/mol. The normalized spacial score (nSPS) is 37.0. The predicted molar refractivity (Wildman–Crippen MR) is 125 cm³/mol. The van der Waals surface area contributed by atoms with Gasteiger partial charge in [0.25, 0.3) is 0 Å². The van der Waals surface area contributed by atoms with Crippen molar-refractivity contribution in [2.75, 3.05) is 18.1 Å². The van der Waals surface area contributed by atoms with Gasteiger partial charge < -0.3 is 11.1 Å². The maximum absolute atomic E-state index is 13.5. The van der Waals surface area contributed by atoms with Crippen LogP contribution in [0.5, 0.6) is 0 Å². The van der Waals surface area contributed by atoms with Crippen LogP contribution in [0.3, 0.4) is 0 Å². The molecule has 1 heterocycles. The van der Waals surface area contributed by atoms with Crippen molar-refractivity contribution < 1.29 is 9.59 Å². The number of nitrogens with two attached hydrogens (primary N) is 1. The molecule has 1 aromatic rings. The molecule has 0 aromatic heterocycles. The highest BCUT2D eigenvalue weighted by Gasteiger charge is 2.58. The Hall–Kier alpha value is -0.950. The third-order valence-corrected chi connectivity index (χ3v) is 9.80. The molecule has 5 nitrogen and oxygen atoms in total. The van der Waals surface area contributed by atoms with Crippen molar-refractivity contribution in [1.29, 1.82) is 0 Å². The van der Waals surface area contributed by atoms with Crippen LogP contribution >= 0.6 is 35.0 Å². The van der Waals surface area contributed by atoms with Crippen LogP contribution in [0.2, 0.25) is 10.0 Å². The molecule has 0 radical (unpaired) electrons. The number of amides is 2. The average molecular weight is 482 g/mol. The monoisotopic (exact) mass is 481 g/mol. The Kier molecular flexibility index (Phi) is 5.95. The molecule has 2 amide bonds. The molecule has 1 aromatic carbocycles. The minimum atomic E-state index is -0.328. The number of halogens is 2. The van der Waals surface area contributed by atoms with Gasteiger partial charge in [0, 0.05) is 51.7 Å². The van der Waals surface area contributed by atoms with Crippen molar-refractivity contribution >= 4 is 46.8 Å². The number of nitrogens with zero attached hydrogens (tertiary/aromatic N) is 1. The van der Waals surface area contributed by atoms with E-state index in [-0.39, 0.29) is 29.3 Å². The number of nitrogens with one attached hydrogen (secondary N) is 1. The molecule has 168 valence electrons. The molecule has 4 aliphatic carbocycles. The van der Waals surface area contributed by atoms with Gasteiger partial charge in [0.05, 0.1) is 6.04 Å². The predicted octanol–water partition coefficient (Wildman–Crippen LogP) is 3.71. The Morgan fingerprint density at radius 3 is 2.48 bits per heavy atom. The SMILES string of the molecule is NC(=O)C12CC3CC(C1)C(NC(=O)C1CSCCN1Cc1c(Cl)cccc1Cl)C(C3)C2. The third kappa shape index (κ3) is 3.98. The maximum atomic E-state index is 13.5. The molecule has 3 atom stereocenters. The van der Waals surface area contributed by atoms with E-state index in [2.05, 4.69) is 10.2 Å². The van der Waals surface area contributed by atoms with Crippen LogP contribution in [0.4, 0.5) is 0 Å². The molecule has 5 fully saturated rings. The molecule has 0 spiro atoms. The largest absolute Gasteiger partial charge is 0.369 e. The summed E-state index contributed by atoms with van der Waals surface area (Å²) >= 11 is 14.6. The van der Waals surface area contributed by atoms with Crippen molar-refractivity contribution in [3.8, 4) is 0 Å². The summed E-state index contributed by atoms with van der Waals surface area (Å²) in [6, 6.07) is 5.50. The lowest BCUT2D eigenvalue weighted by Crippen LogP contribution is -2.64. The van der Waals surface area contributed by atoms with E-state index < -0.39 is 0 Å². The molecule has 31 heavy (non-hydrogen) atoms. The summed E-state index contributed by atoms with van der Waals surface area (Å²) in [5, 5.41) is 4.70. The van der Waals surface area contributed by atoms with Gasteiger partial charge in [0.15, 0.2) is 0 Å². The molecule has 1 aliphatic heterocycles. The zero-order valence-corrected chi connectivity index (χ0v) is 19.8. The van der Waals surface area contributed by atoms with Crippen LogP contribution < -0.4 is 11.1 Å². The third-order valence-electron chi connectivity index (χ3n) is 8.07. The number of carbonyl (C=O) groups excluding carboxylic acids is 2. The van der Waals surface area contributed by atoms with Crippen molar-refractivity contribution in [3.05, 3.63) is 33.8 Å². The molecule has 4 saturated carbocycles. The first-order chi connectivity index (χ1) is 14.9. The fourth-order valence-electron chi connectivity index (χ4n) is 6.78. The molecule has 6 rings (SSSR count). The fourth-order valence-corrected chi connectivity index (χ4v) is 8.41. The zero-order valence-electron chi connectivity index (χ0n) is 17.5. The highest BCUT2D eigenvalue weighted by atomic mass is 35.5. The van der Waals surface area contributed by atoms with Gasteiger partial charge in [-0.05, 0) is 62.0 Å². The number of benzene rings is 1. The Labute approximate surface area is 197 Å². The Morgan fingerprint density at radius 1 is 1.16 bits per heavy atom. The molecule has 4 bridgehead atoms. The van der Waals surface area contributed by atoms with Gasteiger partial charge in [0.1, 0.15) is 0 Å². The van der Waals surface area contributed by atoms with Crippen LogP contribution in [0.25, 0.3) is 0 Å². The van der Waals surface area contributed by atoms with Crippen LogP contribution in [-0.2, 0) is 16.1 Å². The van der Waals surface area contributed by atoms with E-state index in [4.69, 9.17) is 28.9 Å². The van der Waals surface area contributed by atoms with Crippen LogP contribution in [-0.4, -0.2) is 46.8 Å². The van der Waals surface area contributed by atoms with Gasteiger partial charge in [-0.1, -0.05) is 29.3 Å². The lowest BCUT2D eigenvalue weighted by molar-refractivity contribution is -0.148. The standard InChI is InChI=1S/C23H29Cl2N3O2S/c24-17-2-1-3-18(25)16(17)11-28-4-5-31-12-19(28)21(29)27-20-14-6-13-7-15(20)10-23(8-13,9-14)22(26)30/h1-3,13-15,19-20H,4-12H2,(H2,26,30)(H,27,29). The van der Waals surface area contributed by atoms with Crippen molar-refractivity contribution in [1.82, 2.24) is 10.2 Å². The van der Waals surface area contributed by atoms with Crippen LogP contribution in [0.15, 0.2) is 18.2 Å². The number of primary amides is 1. The first-order valence-electron chi connectivity index (χ1n) is 11.2. The van der Waals surface area contributed by atoms with Gasteiger partial charge in [-0.15, -0.1) is 0 Å². The summed E-state index contributed by atoms with van der Waals surface area (Å²) in [6.07, 6.45) is 4.82. The Morgan fingerprint density at radius 2 is 1.84 bits per heavy atom. The zero-order chi connectivity index (χ0) is 21.8. The molecule has 5 aliphatic rings. The summed E-state index contributed by atoms with van der Waals surface area (Å²) in [5.74, 6) is 3.04. The van der Waals surface area contributed by atoms with E-state index in [0.717, 1.165) is 55.7 Å². The van der Waals surface area contributed by atoms with Gasteiger partial charge >= 0.3 is 0 Å². The van der Waals surface area contributed by atoms with E-state index in [1.165, 1.54) is 0 Å². The minimum absolute atomic E-state index is 0.0981. The number of carbonyl (C=O) groups is 2. The number of thioether (sulfide) groups is 1. The summed E-state index contributed by atoms with van der Waals surface area (Å²) < 4.78 is 0. The fraction of sp³-hybridized carbons (Fsp3) is 0.652. The van der Waals surface area contributed by atoms with Gasteiger partial charge in [-0.2, -0.15) is 11.8 Å². The van der Waals surface area contributed by atoms with E-state index >= 15 is 0 Å². The molecule has 3 N–H and O–H groups in total. The maximum Gasteiger partial charge on any atom is 0.238 e. The smallest absolute Gasteiger partial charge is 0.238 e. The topological polar surface area (TPSA) is 75.4 Å². The first-order valence-corrected chi connectivity index (χ1v) is 13.1. The van der Waals surface area contributed by atoms with Crippen LogP contribution in [0, 0.1) is 23.2 Å². The molecule has 1 saturated heterocycles. The minimum Gasteiger partial charge on any atom is -0.369 e. The number of rotatable bonds is 5. The highest BCUT2D eigenvalue weighted by molar-refractivity contribution is 7.99. The van der Waals surface area contributed by atoms with Gasteiger partial charge in [-0.25, -0.2) is 0 Å².